The molecule has 1 aromatic rings. The maximum atomic E-state index is 13.6. The molecule has 0 amide bonds. The van der Waals surface area contributed by atoms with Crippen LogP contribution in [0.15, 0.2) is 24.3 Å². The molecule has 1 aliphatic rings. The zero-order chi connectivity index (χ0) is 12.4. The Morgan fingerprint density at radius 3 is 2.53 bits per heavy atom. The Balaban J connectivity index is 2.10. The SMILES string of the molecule is CC1CCC(C(O)c2ccccc2F)CC1C. The van der Waals surface area contributed by atoms with Crippen LogP contribution < -0.4 is 0 Å². The van der Waals surface area contributed by atoms with Gasteiger partial charge in [-0.2, -0.15) is 0 Å². The summed E-state index contributed by atoms with van der Waals surface area (Å²) in [7, 11) is 0. The largest absolute Gasteiger partial charge is 0.388 e. The van der Waals surface area contributed by atoms with Gasteiger partial charge in [0.15, 0.2) is 0 Å². The first-order valence-corrected chi connectivity index (χ1v) is 6.52. The van der Waals surface area contributed by atoms with Crippen LogP contribution in [-0.4, -0.2) is 5.11 Å². The summed E-state index contributed by atoms with van der Waals surface area (Å²) in [5.74, 6) is 1.26. The van der Waals surface area contributed by atoms with Gasteiger partial charge in [-0.1, -0.05) is 38.5 Å². The van der Waals surface area contributed by atoms with Crippen LogP contribution in [0.3, 0.4) is 0 Å². The Kier molecular flexibility index (Phi) is 3.82. The number of hydrogen-bond donors (Lipinski definition) is 1. The first-order chi connectivity index (χ1) is 8.09. The molecule has 17 heavy (non-hydrogen) atoms. The minimum absolute atomic E-state index is 0.207. The molecule has 0 saturated heterocycles. The molecule has 1 fully saturated rings. The first-order valence-electron chi connectivity index (χ1n) is 6.52. The maximum absolute atomic E-state index is 13.6. The van der Waals surface area contributed by atoms with E-state index in [0.717, 1.165) is 25.2 Å². The van der Waals surface area contributed by atoms with E-state index in [4.69, 9.17) is 0 Å². The van der Waals surface area contributed by atoms with E-state index in [9.17, 15) is 9.50 Å². The molecule has 0 bridgehead atoms. The highest BCUT2D eigenvalue weighted by Gasteiger charge is 2.30. The summed E-state index contributed by atoms with van der Waals surface area (Å²) >= 11 is 0. The van der Waals surface area contributed by atoms with Crippen molar-refractivity contribution in [1.82, 2.24) is 0 Å². The van der Waals surface area contributed by atoms with Gasteiger partial charge in [0.2, 0.25) is 0 Å². The van der Waals surface area contributed by atoms with Gasteiger partial charge in [0, 0.05) is 5.56 Å². The van der Waals surface area contributed by atoms with Gasteiger partial charge in [0.05, 0.1) is 6.10 Å². The number of aliphatic hydroxyl groups excluding tert-OH is 1. The maximum Gasteiger partial charge on any atom is 0.129 e. The number of aliphatic hydroxyl groups is 1. The van der Waals surface area contributed by atoms with Crippen LogP contribution in [0.25, 0.3) is 0 Å². The van der Waals surface area contributed by atoms with Gasteiger partial charge in [-0.15, -0.1) is 0 Å². The van der Waals surface area contributed by atoms with Gasteiger partial charge in [-0.05, 0) is 36.7 Å². The molecule has 0 heterocycles. The number of rotatable bonds is 2. The van der Waals surface area contributed by atoms with E-state index in [-0.39, 0.29) is 11.7 Å². The summed E-state index contributed by atoms with van der Waals surface area (Å²) in [6.45, 7) is 4.49. The van der Waals surface area contributed by atoms with Crippen LogP contribution >= 0.6 is 0 Å². The Morgan fingerprint density at radius 1 is 1.18 bits per heavy atom. The van der Waals surface area contributed by atoms with Gasteiger partial charge >= 0.3 is 0 Å². The molecular weight excluding hydrogens is 215 g/mol. The highest BCUT2D eigenvalue weighted by Crippen LogP contribution is 2.40. The molecule has 0 aromatic heterocycles. The molecule has 1 aromatic carbocycles. The third-order valence-corrected chi connectivity index (χ3v) is 4.31. The molecule has 2 rings (SSSR count). The molecule has 1 saturated carbocycles. The highest BCUT2D eigenvalue weighted by atomic mass is 19.1. The lowest BCUT2D eigenvalue weighted by Gasteiger charge is -2.34. The van der Waals surface area contributed by atoms with Crippen molar-refractivity contribution in [1.29, 1.82) is 0 Å². The Morgan fingerprint density at radius 2 is 1.88 bits per heavy atom. The third-order valence-electron chi connectivity index (χ3n) is 4.31. The quantitative estimate of drug-likeness (QED) is 0.824. The van der Waals surface area contributed by atoms with E-state index in [1.165, 1.54) is 6.07 Å². The van der Waals surface area contributed by atoms with Crippen LogP contribution in [0.1, 0.15) is 44.8 Å². The van der Waals surface area contributed by atoms with E-state index in [0.29, 0.717) is 11.5 Å². The summed E-state index contributed by atoms with van der Waals surface area (Å²) in [6, 6.07) is 6.57. The molecule has 4 atom stereocenters. The van der Waals surface area contributed by atoms with Crippen molar-refractivity contribution >= 4 is 0 Å². The standard InChI is InChI=1S/C15H21FO/c1-10-7-8-12(9-11(10)2)15(17)13-5-3-4-6-14(13)16/h3-6,10-12,15,17H,7-9H2,1-2H3. The summed E-state index contributed by atoms with van der Waals surface area (Å²) in [4.78, 5) is 0. The molecule has 4 unspecified atom stereocenters. The lowest BCUT2D eigenvalue weighted by atomic mass is 9.73. The minimum atomic E-state index is -0.647. The lowest BCUT2D eigenvalue weighted by Crippen LogP contribution is -2.25. The summed E-state index contributed by atoms with van der Waals surface area (Å²) in [5.41, 5.74) is 0.458. The molecule has 0 radical (unpaired) electrons. The monoisotopic (exact) mass is 236 g/mol. The van der Waals surface area contributed by atoms with Gasteiger partial charge in [-0.3, -0.25) is 0 Å². The van der Waals surface area contributed by atoms with E-state index >= 15 is 0 Å². The normalized spacial score (nSPS) is 31.2. The van der Waals surface area contributed by atoms with E-state index in [2.05, 4.69) is 13.8 Å². The zero-order valence-electron chi connectivity index (χ0n) is 10.6. The molecule has 1 nitrogen and oxygen atoms in total. The molecule has 0 spiro atoms. The van der Waals surface area contributed by atoms with Crippen LogP contribution in [0.5, 0.6) is 0 Å². The lowest BCUT2D eigenvalue weighted by molar-refractivity contribution is 0.0536. The molecular formula is C15H21FO. The summed E-state index contributed by atoms with van der Waals surface area (Å²) in [5, 5.41) is 10.3. The van der Waals surface area contributed by atoms with Crippen LogP contribution in [0.2, 0.25) is 0 Å². The van der Waals surface area contributed by atoms with Crippen molar-refractivity contribution in [2.45, 2.75) is 39.2 Å². The summed E-state index contributed by atoms with van der Waals surface area (Å²) in [6.07, 6.45) is 2.49. The van der Waals surface area contributed by atoms with E-state index in [1.807, 2.05) is 0 Å². The second-order valence-electron chi connectivity index (χ2n) is 5.49. The van der Waals surface area contributed by atoms with Crippen molar-refractivity contribution in [3.05, 3.63) is 35.6 Å². The Hall–Kier alpha value is -0.890. The number of hydrogen-bond acceptors (Lipinski definition) is 1. The zero-order valence-corrected chi connectivity index (χ0v) is 10.6. The first kappa shape index (κ1) is 12.6. The van der Waals surface area contributed by atoms with Crippen molar-refractivity contribution in [2.75, 3.05) is 0 Å². The highest BCUT2D eigenvalue weighted by molar-refractivity contribution is 5.20. The minimum Gasteiger partial charge on any atom is -0.388 e. The van der Waals surface area contributed by atoms with Crippen LogP contribution in [-0.2, 0) is 0 Å². The fourth-order valence-corrected chi connectivity index (χ4v) is 2.84. The molecule has 2 heteroatoms. The van der Waals surface area contributed by atoms with Crippen LogP contribution in [0.4, 0.5) is 4.39 Å². The molecule has 94 valence electrons. The van der Waals surface area contributed by atoms with Gasteiger partial charge in [0.25, 0.3) is 0 Å². The van der Waals surface area contributed by atoms with Gasteiger partial charge < -0.3 is 5.11 Å². The van der Waals surface area contributed by atoms with E-state index < -0.39 is 6.10 Å². The smallest absolute Gasteiger partial charge is 0.129 e. The van der Waals surface area contributed by atoms with Gasteiger partial charge in [0.1, 0.15) is 5.82 Å². The fraction of sp³-hybridized carbons (Fsp3) is 0.600. The van der Waals surface area contributed by atoms with Crippen molar-refractivity contribution < 1.29 is 9.50 Å². The van der Waals surface area contributed by atoms with Crippen molar-refractivity contribution in [2.24, 2.45) is 17.8 Å². The summed E-state index contributed by atoms with van der Waals surface area (Å²) < 4.78 is 13.6. The average Bonchev–Trinajstić information content (AvgIpc) is 2.32. The number of halogens is 1. The van der Waals surface area contributed by atoms with Crippen molar-refractivity contribution in [3.8, 4) is 0 Å². The predicted octanol–water partition coefficient (Wildman–Crippen LogP) is 3.93. The second-order valence-corrected chi connectivity index (χ2v) is 5.49. The van der Waals surface area contributed by atoms with Crippen molar-refractivity contribution in [3.63, 3.8) is 0 Å². The topological polar surface area (TPSA) is 20.2 Å². The Bertz CT molecular complexity index is 377. The fourth-order valence-electron chi connectivity index (χ4n) is 2.84. The molecule has 0 aliphatic heterocycles. The van der Waals surface area contributed by atoms with E-state index in [1.54, 1.807) is 18.2 Å². The second kappa shape index (κ2) is 5.18. The Labute approximate surface area is 103 Å². The molecule has 1 aliphatic carbocycles. The number of benzene rings is 1. The third kappa shape index (κ3) is 2.68. The van der Waals surface area contributed by atoms with Gasteiger partial charge in [-0.25, -0.2) is 4.39 Å². The van der Waals surface area contributed by atoms with Crippen LogP contribution in [0, 0.1) is 23.6 Å². The molecule has 1 N–H and O–H groups in total. The average molecular weight is 236 g/mol. The predicted molar refractivity (Wildman–Crippen MR) is 67.0 cm³/mol.